The Hall–Kier alpha value is -0.200. The first-order valence-corrected chi connectivity index (χ1v) is 7.79. The summed E-state index contributed by atoms with van der Waals surface area (Å²) in [6, 6.07) is 0. The van der Waals surface area contributed by atoms with Gasteiger partial charge < -0.3 is 24.8 Å². The average Bonchev–Trinajstić information content (AvgIpc) is 2.73. The SMILES string of the molecule is CC[C@@H](O)C[C@H](O[C@@H]1O[C@@H](CC)[C@@H](O)C1O)[C@H](C)CC. The standard InChI is InChI=1S/C15H30O5/c1-5-9(4)12(8-10(16)6-2)20-15-14(18)13(17)11(7-3)19-15/h9-18H,5-8H2,1-4H3/t9-,10-,11+,12+,13-,14?,15+/m1/s1. The Kier molecular flexibility index (Phi) is 7.40. The third-order valence-corrected chi connectivity index (χ3v) is 4.28. The van der Waals surface area contributed by atoms with Crippen LogP contribution in [0.1, 0.15) is 53.4 Å². The van der Waals surface area contributed by atoms with Gasteiger partial charge in [0.2, 0.25) is 0 Å². The van der Waals surface area contributed by atoms with Gasteiger partial charge in [0.15, 0.2) is 6.29 Å². The average molecular weight is 290 g/mol. The van der Waals surface area contributed by atoms with E-state index in [1.165, 1.54) is 0 Å². The molecule has 5 heteroatoms. The van der Waals surface area contributed by atoms with E-state index in [1.54, 1.807) is 0 Å². The minimum absolute atomic E-state index is 0.183. The lowest BCUT2D eigenvalue weighted by Crippen LogP contribution is -2.38. The monoisotopic (exact) mass is 290 g/mol. The van der Waals surface area contributed by atoms with Crippen LogP contribution in [0.4, 0.5) is 0 Å². The number of aliphatic hydroxyl groups is 3. The van der Waals surface area contributed by atoms with Gasteiger partial charge in [0, 0.05) is 0 Å². The highest BCUT2D eigenvalue weighted by Crippen LogP contribution is 2.28. The zero-order valence-corrected chi connectivity index (χ0v) is 13.0. The molecule has 1 unspecified atom stereocenters. The predicted molar refractivity (Wildman–Crippen MR) is 76.2 cm³/mol. The number of rotatable bonds is 8. The van der Waals surface area contributed by atoms with Crippen LogP contribution >= 0.6 is 0 Å². The van der Waals surface area contributed by atoms with Gasteiger partial charge >= 0.3 is 0 Å². The molecule has 0 spiro atoms. The summed E-state index contributed by atoms with van der Waals surface area (Å²) in [5.41, 5.74) is 0. The predicted octanol–water partition coefficient (Wildman–Crippen LogP) is 1.44. The third kappa shape index (κ3) is 4.40. The Morgan fingerprint density at radius 1 is 1.10 bits per heavy atom. The number of hydrogen-bond donors (Lipinski definition) is 3. The molecule has 1 aliphatic rings. The lowest BCUT2D eigenvalue weighted by atomic mass is 9.95. The zero-order chi connectivity index (χ0) is 15.3. The molecule has 0 aliphatic carbocycles. The fraction of sp³-hybridized carbons (Fsp3) is 1.00. The van der Waals surface area contributed by atoms with Crippen LogP contribution in [0.5, 0.6) is 0 Å². The minimum Gasteiger partial charge on any atom is -0.393 e. The zero-order valence-electron chi connectivity index (χ0n) is 13.0. The van der Waals surface area contributed by atoms with E-state index in [1.807, 2.05) is 13.8 Å². The highest BCUT2D eigenvalue weighted by Gasteiger charge is 2.43. The quantitative estimate of drug-likeness (QED) is 0.630. The number of ether oxygens (including phenoxy) is 2. The number of aliphatic hydroxyl groups excluding tert-OH is 3. The first-order chi connectivity index (χ1) is 9.44. The Balaban J connectivity index is 2.65. The molecule has 7 atom stereocenters. The van der Waals surface area contributed by atoms with Crippen molar-refractivity contribution in [1.29, 1.82) is 0 Å². The molecule has 5 nitrogen and oxygen atoms in total. The Bertz CT molecular complexity index is 273. The van der Waals surface area contributed by atoms with Crippen LogP contribution in [0.2, 0.25) is 0 Å². The molecule has 0 aromatic rings. The lowest BCUT2D eigenvalue weighted by molar-refractivity contribution is -0.205. The molecule has 1 fully saturated rings. The maximum Gasteiger partial charge on any atom is 0.186 e. The van der Waals surface area contributed by atoms with Crippen LogP contribution in [0.3, 0.4) is 0 Å². The highest BCUT2D eigenvalue weighted by atomic mass is 16.7. The Labute approximate surface area is 121 Å². The molecule has 3 N–H and O–H groups in total. The van der Waals surface area contributed by atoms with Gasteiger partial charge in [-0.05, 0) is 25.2 Å². The summed E-state index contributed by atoms with van der Waals surface area (Å²) in [4.78, 5) is 0. The Morgan fingerprint density at radius 3 is 2.20 bits per heavy atom. The number of hydrogen-bond acceptors (Lipinski definition) is 5. The van der Waals surface area contributed by atoms with Gasteiger partial charge in [-0.25, -0.2) is 0 Å². The van der Waals surface area contributed by atoms with E-state index in [0.717, 1.165) is 6.42 Å². The summed E-state index contributed by atoms with van der Waals surface area (Å²) in [6.45, 7) is 7.95. The molecule has 20 heavy (non-hydrogen) atoms. The first kappa shape index (κ1) is 17.9. The molecule has 0 saturated carbocycles. The van der Waals surface area contributed by atoms with Gasteiger partial charge in [0.25, 0.3) is 0 Å². The normalized spacial score (nSPS) is 35.0. The van der Waals surface area contributed by atoms with Gasteiger partial charge in [-0.2, -0.15) is 0 Å². The van der Waals surface area contributed by atoms with Gasteiger partial charge in [0.1, 0.15) is 12.2 Å². The lowest BCUT2D eigenvalue weighted by Gasteiger charge is -2.29. The second-order valence-corrected chi connectivity index (χ2v) is 5.79. The molecular formula is C15H30O5. The van der Waals surface area contributed by atoms with E-state index in [-0.39, 0.29) is 18.1 Å². The van der Waals surface area contributed by atoms with Gasteiger partial charge in [-0.1, -0.05) is 34.1 Å². The molecular weight excluding hydrogens is 260 g/mol. The van der Waals surface area contributed by atoms with Crippen molar-refractivity contribution in [3.05, 3.63) is 0 Å². The molecule has 0 amide bonds. The van der Waals surface area contributed by atoms with E-state index in [9.17, 15) is 15.3 Å². The van der Waals surface area contributed by atoms with E-state index >= 15 is 0 Å². The minimum atomic E-state index is -1.02. The molecule has 120 valence electrons. The maximum atomic E-state index is 9.99. The highest BCUT2D eigenvalue weighted by molar-refractivity contribution is 4.87. The first-order valence-electron chi connectivity index (χ1n) is 7.79. The van der Waals surface area contributed by atoms with E-state index in [4.69, 9.17) is 9.47 Å². The summed E-state index contributed by atoms with van der Waals surface area (Å²) in [7, 11) is 0. The van der Waals surface area contributed by atoms with Crippen LogP contribution < -0.4 is 0 Å². The summed E-state index contributed by atoms with van der Waals surface area (Å²) in [6.07, 6.45) is -0.981. The maximum absolute atomic E-state index is 9.99. The van der Waals surface area contributed by atoms with Crippen molar-refractivity contribution < 1.29 is 24.8 Å². The molecule has 1 saturated heterocycles. The summed E-state index contributed by atoms with van der Waals surface area (Å²) in [5.74, 6) is 0.254. The van der Waals surface area contributed by atoms with Crippen molar-refractivity contribution in [2.45, 2.75) is 90.2 Å². The van der Waals surface area contributed by atoms with Gasteiger partial charge in [-0.15, -0.1) is 0 Å². The topological polar surface area (TPSA) is 79.2 Å². The molecule has 1 rings (SSSR count). The molecule has 0 radical (unpaired) electrons. The van der Waals surface area contributed by atoms with Crippen molar-refractivity contribution in [3.8, 4) is 0 Å². The fourth-order valence-electron chi connectivity index (χ4n) is 2.46. The van der Waals surface area contributed by atoms with Crippen LogP contribution in [-0.4, -0.2) is 52.1 Å². The van der Waals surface area contributed by atoms with Gasteiger partial charge in [-0.3, -0.25) is 0 Å². The summed E-state index contributed by atoms with van der Waals surface area (Å²) < 4.78 is 11.4. The van der Waals surface area contributed by atoms with Crippen molar-refractivity contribution in [2.24, 2.45) is 5.92 Å². The molecule has 1 heterocycles. The van der Waals surface area contributed by atoms with Crippen LogP contribution in [0.25, 0.3) is 0 Å². The molecule has 0 aromatic carbocycles. The van der Waals surface area contributed by atoms with Crippen LogP contribution in [-0.2, 0) is 9.47 Å². The second kappa shape index (κ2) is 8.29. The van der Waals surface area contributed by atoms with Crippen molar-refractivity contribution in [1.82, 2.24) is 0 Å². The largest absolute Gasteiger partial charge is 0.393 e. The van der Waals surface area contributed by atoms with E-state index in [2.05, 4.69) is 13.8 Å². The summed E-state index contributed by atoms with van der Waals surface area (Å²) >= 11 is 0. The van der Waals surface area contributed by atoms with Crippen LogP contribution in [0, 0.1) is 5.92 Å². The van der Waals surface area contributed by atoms with Gasteiger partial charge in [0.05, 0.1) is 18.3 Å². The van der Waals surface area contributed by atoms with Crippen molar-refractivity contribution in [2.75, 3.05) is 0 Å². The fourth-order valence-corrected chi connectivity index (χ4v) is 2.46. The molecule has 0 bridgehead atoms. The summed E-state index contributed by atoms with van der Waals surface area (Å²) in [5, 5.41) is 29.7. The second-order valence-electron chi connectivity index (χ2n) is 5.79. The Morgan fingerprint density at radius 2 is 1.75 bits per heavy atom. The van der Waals surface area contributed by atoms with E-state index in [0.29, 0.717) is 19.3 Å². The smallest absolute Gasteiger partial charge is 0.186 e. The molecule has 0 aromatic heterocycles. The van der Waals surface area contributed by atoms with Crippen molar-refractivity contribution in [3.63, 3.8) is 0 Å². The van der Waals surface area contributed by atoms with Crippen LogP contribution in [0.15, 0.2) is 0 Å². The van der Waals surface area contributed by atoms with E-state index < -0.39 is 24.6 Å². The molecule has 1 aliphatic heterocycles. The van der Waals surface area contributed by atoms with Crippen molar-refractivity contribution >= 4 is 0 Å². The third-order valence-electron chi connectivity index (χ3n) is 4.28.